The van der Waals surface area contributed by atoms with Crippen molar-refractivity contribution in [3.8, 4) is 0 Å². The molecule has 2 heterocycles. The second kappa shape index (κ2) is 8.27. The van der Waals surface area contributed by atoms with Crippen LogP contribution in [0.25, 0.3) is 5.76 Å². The van der Waals surface area contributed by atoms with E-state index in [9.17, 15) is 18.0 Å². The molecule has 1 aromatic heterocycles. The van der Waals surface area contributed by atoms with Gasteiger partial charge in [0.05, 0.1) is 10.5 Å². The van der Waals surface area contributed by atoms with E-state index >= 15 is 0 Å². The summed E-state index contributed by atoms with van der Waals surface area (Å²) >= 11 is 0. The quantitative estimate of drug-likeness (QED) is 0.614. The predicted molar refractivity (Wildman–Crippen MR) is 118 cm³/mol. The highest BCUT2D eigenvalue weighted by molar-refractivity contribution is 7.89. The van der Waals surface area contributed by atoms with Crippen LogP contribution in [-0.2, 0) is 19.6 Å². The summed E-state index contributed by atoms with van der Waals surface area (Å²) in [5.74, 6) is -1.42. The van der Waals surface area contributed by atoms with Gasteiger partial charge in [-0.15, -0.1) is 0 Å². The van der Waals surface area contributed by atoms with E-state index in [2.05, 4.69) is 10.3 Å². The van der Waals surface area contributed by atoms with Crippen molar-refractivity contribution in [3.63, 3.8) is 0 Å². The smallest absolute Gasteiger partial charge is 0.343 e. The van der Waals surface area contributed by atoms with Gasteiger partial charge in [0, 0.05) is 18.3 Å². The van der Waals surface area contributed by atoms with Crippen LogP contribution in [0.15, 0.2) is 83.4 Å². The van der Waals surface area contributed by atoms with Gasteiger partial charge in [-0.3, -0.25) is 9.10 Å². The molecular formula is C23H19N3O5S. The molecule has 0 atom stereocenters. The molecule has 0 saturated heterocycles. The van der Waals surface area contributed by atoms with Gasteiger partial charge in [0.1, 0.15) is 5.82 Å². The number of benzene rings is 2. The third kappa shape index (κ3) is 3.85. The fourth-order valence-electron chi connectivity index (χ4n) is 3.28. The number of aromatic nitrogens is 1. The lowest BCUT2D eigenvalue weighted by atomic mass is 10.1. The zero-order chi connectivity index (χ0) is 22.9. The molecule has 4 rings (SSSR count). The molecule has 0 unspecified atom stereocenters. The molecule has 32 heavy (non-hydrogen) atoms. The molecule has 0 aliphatic carbocycles. The number of pyridine rings is 1. The molecule has 0 fully saturated rings. The van der Waals surface area contributed by atoms with Crippen LogP contribution in [0.1, 0.15) is 21.6 Å². The molecule has 0 bridgehead atoms. The van der Waals surface area contributed by atoms with Crippen LogP contribution in [0.4, 0.5) is 5.82 Å². The summed E-state index contributed by atoms with van der Waals surface area (Å²) in [4.78, 5) is 30.2. The number of nitrogens with one attached hydrogen (secondary N) is 1. The van der Waals surface area contributed by atoms with Crippen molar-refractivity contribution in [3.05, 3.63) is 95.3 Å². The minimum absolute atomic E-state index is 0.0661. The van der Waals surface area contributed by atoms with Crippen molar-refractivity contribution in [2.75, 3.05) is 12.4 Å². The van der Waals surface area contributed by atoms with Gasteiger partial charge in [0.2, 0.25) is 0 Å². The van der Waals surface area contributed by atoms with E-state index in [-0.39, 0.29) is 33.3 Å². The maximum Gasteiger partial charge on any atom is 0.343 e. The number of hydrogen-bond acceptors (Lipinski definition) is 6. The average Bonchev–Trinajstić information content (AvgIpc) is 2.78. The summed E-state index contributed by atoms with van der Waals surface area (Å²) < 4.78 is 32.6. The van der Waals surface area contributed by atoms with Crippen LogP contribution >= 0.6 is 0 Å². The van der Waals surface area contributed by atoms with Gasteiger partial charge in [-0.05, 0) is 43.3 Å². The summed E-state index contributed by atoms with van der Waals surface area (Å²) in [7, 11) is -2.81. The Morgan fingerprint density at radius 2 is 1.62 bits per heavy atom. The Morgan fingerprint density at radius 1 is 0.938 bits per heavy atom. The Bertz CT molecular complexity index is 1350. The topological polar surface area (TPSA) is 106 Å². The Balaban J connectivity index is 1.85. The Labute approximate surface area is 185 Å². The second-order valence-corrected chi connectivity index (χ2v) is 8.96. The Morgan fingerprint density at radius 3 is 2.34 bits per heavy atom. The number of fused-ring (bicyclic) bond motifs is 1. The number of carbonyl (C=O) groups excluding carboxylic acids is 2. The van der Waals surface area contributed by atoms with Crippen LogP contribution in [0.3, 0.4) is 0 Å². The van der Waals surface area contributed by atoms with Gasteiger partial charge in [-0.1, -0.05) is 36.4 Å². The Hall–Kier alpha value is -3.98. The minimum atomic E-state index is -4.05. The fourth-order valence-corrected chi connectivity index (χ4v) is 4.67. The van der Waals surface area contributed by atoms with E-state index in [1.807, 2.05) is 0 Å². The van der Waals surface area contributed by atoms with Crippen molar-refractivity contribution in [1.82, 2.24) is 9.29 Å². The van der Waals surface area contributed by atoms with Crippen molar-refractivity contribution < 1.29 is 22.7 Å². The largest absolute Gasteiger partial charge is 0.420 e. The zero-order valence-electron chi connectivity index (χ0n) is 17.3. The summed E-state index contributed by atoms with van der Waals surface area (Å²) in [6, 6.07) is 19.3. The first-order chi connectivity index (χ1) is 15.3. The molecule has 0 saturated carbocycles. The highest BCUT2D eigenvalue weighted by atomic mass is 32.2. The summed E-state index contributed by atoms with van der Waals surface area (Å²) in [6.45, 7) is 1.76. The van der Waals surface area contributed by atoms with Crippen LogP contribution in [-0.4, -0.2) is 36.6 Å². The van der Waals surface area contributed by atoms with Gasteiger partial charge in [-0.25, -0.2) is 18.2 Å². The Kier molecular flexibility index (Phi) is 5.50. The maximum absolute atomic E-state index is 13.2. The lowest BCUT2D eigenvalue weighted by Gasteiger charge is -2.30. The SMILES string of the molecule is Cc1cccc(NC(=O)C2=C(OC(=O)c3ccccc3)c3ccccc3S(=O)(=O)N2C)n1. The molecule has 9 heteroatoms. The number of likely N-dealkylation sites (N-methyl/N-ethyl adjacent to an activating group) is 1. The van der Waals surface area contributed by atoms with Crippen LogP contribution in [0, 0.1) is 6.92 Å². The molecule has 2 aromatic carbocycles. The lowest BCUT2D eigenvalue weighted by Crippen LogP contribution is -2.38. The molecule has 0 spiro atoms. The van der Waals surface area contributed by atoms with Crippen LogP contribution < -0.4 is 5.32 Å². The first-order valence-electron chi connectivity index (χ1n) is 9.64. The summed E-state index contributed by atoms with van der Waals surface area (Å²) in [5, 5.41) is 2.59. The number of carbonyl (C=O) groups is 2. The molecule has 3 aromatic rings. The lowest BCUT2D eigenvalue weighted by molar-refractivity contribution is -0.113. The molecule has 1 aliphatic rings. The van der Waals surface area contributed by atoms with Gasteiger partial charge in [0.25, 0.3) is 15.9 Å². The van der Waals surface area contributed by atoms with Gasteiger partial charge in [-0.2, -0.15) is 0 Å². The first kappa shape index (κ1) is 21.3. The predicted octanol–water partition coefficient (Wildman–Crippen LogP) is 3.19. The number of aryl methyl sites for hydroxylation is 1. The standard InChI is InChI=1S/C23H19N3O5S/c1-15-9-8-14-19(24-15)25-22(27)20-21(31-23(28)16-10-4-3-5-11-16)17-12-6-7-13-18(17)32(29,30)26(20)2/h3-14H,1-2H3,(H,24,25,27). The van der Waals surface area contributed by atoms with Crippen molar-refractivity contribution >= 4 is 33.5 Å². The highest BCUT2D eigenvalue weighted by Gasteiger charge is 2.39. The van der Waals surface area contributed by atoms with E-state index in [0.29, 0.717) is 5.69 Å². The average molecular weight is 449 g/mol. The molecule has 0 radical (unpaired) electrons. The van der Waals surface area contributed by atoms with Crippen molar-refractivity contribution in [1.29, 1.82) is 0 Å². The first-order valence-corrected chi connectivity index (χ1v) is 11.1. The molecule has 1 N–H and O–H groups in total. The van der Waals surface area contributed by atoms with Gasteiger partial charge < -0.3 is 10.1 Å². The van der Waals surface area contributed by atoms with Crippen LogP contribution in [0.2, 0.25) is 0 Å². The van der Waals surface area contributed by atoms with Gasteiger partial charge >= 0.3 is 5.97 Å². The number of ether oxygens (including phenoxy) is 1. The summed E-state index contributed by atoms with van der Waals surface area (Å²) in [5.41, 5.74) is 0.727. The second-order valence-electron chi connectivity index (χ2n) is 7.02. The number of esters is 1. The monoisotopic (exact) mass is 449 g/mol. The highest BCUT2D eigenvalue weighted by Crippen LogP contribution is 2.37. The van der Waals surface area contributed by atoms with Gasteiger partial charge in [0.15, 0.2) is 11.5 Å². The number of nitrogens with zero attached hydrogens (tertiary/aromatic N) is 2. The number of hydrogen-bond donors (Lipinski definition) is 1. The van der Waals surface area contributed by atoms with E-state index < -0.39 is 21.9 Å². The zero-order valence-corrected chi connectivity index (χ0v) is 18.1. The number of rotatable bonds is 4. The number of sulfonamides is 1. The van der Waals surface area contributed by atoms with Crippen LogP contribution in [0.5, 0.6) is 0 Å². The van der Waals surface area contributed by atoms with E-state index in [1.54, 1.807) is 67.6 Å². The minimum Gasteiger partial charge on any atom is -0.420 e. The number of amides is 1. The molecule has 162 valence electrons. The normalized spacial score (nSPS) is 14.5. The molecular weight excluding hydrogens is 430 g/mol. The van der Waals surface area contributed by atoms with Crippen molar-refractivity contribution in [2.45, 2.75) is 11.8 Å². The molecule has 1 aliphatic heterocycles. The molecule has 8 nitrogen and oxygen atoms in total. The maximum atomic E-state index is 13.2. The third-order valence-electron chi connectivity index (χ3n) is 4.85. The fraction of sp³-hybridized carbons (Fsp3) is 0.0870. The van der Waals surface area contributed by atoms with E-state index in [1.165, 1.54) is 19.2 Å². The van der Waals surface area contributed by atoms with E-state index in [4.69, 9.17) is 4.74 Å². The molecule has 1 amide bonds. The third-order valence-corrected chi connectivity index (χ3v) is 6.66. The summed E-state index contributed by atoms with van der Waals surface area (Å²) in [6.07, 6.45) is 0. The number of anilines is 1. The van der Waals surface area contributed by atoms with Crippen molar-refractivity contribution in [2.24, 2.45) is 0 Å². The van der Waals surface area contributed by atoms with E-state index in [0.717, 1.165) is 4.31 Å².